The van der Waals surface area contributed by atoms with Gasteiger partial charge in [-0.1, -0.05) is 152 Å². The molecule has 6 aromatic carbocycles. The smallest absolute Gasteiger partial charge is 0.144 e. The van der Waals surface area contributed by atoms with E-state index in [1.54, 1.807) is 0 Å². The van der Waals surface area contributed by atoms with Crippen molar-refractivity contribution < 1.29 is 4.42 Å². The first-order chi connectivity index (χ1) is 21.4. The molecule has 0 radical (unpaired) electrons. The Bertz CT molecular complexity index is 2240. The summed E-state index contributed by atoms with van der Waals surface area (Å²) in [6, 6.07) is 45.8. The first kappa shape index (κ1) is 24.2. The summed E-state index contributed by atoms with van der Waals surface area (Å²) < 4.78 is 6.99. The number of hydrogen-bond donors (Lipinski definition) is 0. The fourth-order valence-corrected chi connectivity index (χ4v) is 7.45. The third-order valence-corrected chi connectivity index (χ3v) is 9.27. The minimum absolute atomic E-state index is 0.223. The lowest BCUT2D eigenvalue weighted by Gasteiger charge is -2.32. The van der Waals surface area contributed by atoms with Crippen molar-refractivity contribution in [2.75, 3.05) is 0 Å². The third-order valence-electron chi connectivity index (χ3n) is 9.27. The highest BCUT2D eigenvalue weighted by atomic mass is 16.3. The van der Waals surface area contributed by atoms with Crippen LogP contribution >= 0.6 is 0 Å². The second kappa shape index (κ2) is 9.58. The summed E-state index contributed by atoms with van der Waals surface area (Å²) in [4.78, 5) is 0. The van der Waals surface area contributed by atoms with E-state index in [2.05, 4.69) is 158 Å². The molecule has 0 saturated heterocycles. The van der Waals surface area contributed by atoms with Crippen LogP contribution in [0.25, 0.3) is 66.6 Å². The molecule has 1 heterocycles. The molecule has 0 fully saturated rings. The number of fused-ring (bicyclic) bond motifs is 6. The first-order valence-electron chi connectivity index (χ1n) is 15.0. The quantitative estimate of drug-likeness (QED) is 0.200. The molecule has 0 aliphatic heterocycles. The molecule has 0 amide bonds. The predicted octanol–water partition coefficient (Wildman–Crippen LogP) is 11.5. The fraction of sp³-hybridized carbons (Fsp3) is 0.0476. The van der Waals surface area contributed by atoms with Crippen LogP contribution in [-0.4, -0.2) is 0 Å². The maximum atomic E-state index is 6.99. The highest BCUT2D eigenvalue weighted by Crippen LogP contribution is 2.52. The molecule has 7 aromatic rings. The van der Waals surface area contributed by atoms with Crippen LogP contribution < -0.4 is 0 Å². The Balaban J connectivity index is 1.42. The summed E-state index contributed by atoms with van der Waals surface area (Å²) in [5, 5.41) is 6.02. The van der Waals surface area contributed by atoms with Gasteiger partial charge in [0.25, 0.3) is 0 Å². The van der Waals surface area contributed by atoms with E-state index in [4.69, 9.17) is 4.42 Å². The van der Waals surface area contributed by atoms with Crippen LogP contribution in [0.2, 0.25) is 0 Å². The molecule has 0 bridgehead atoms. The summed E-state index contributed by atoms with van der Waals surface area (Å²) in [6.07, 6.45) is 11.5. The molecule has 0 saturated carbocycles. The van der Waals surface area contributed by atoms with Gasteiger partial charge in [-0.25, -0.2) is 0 Å². The Labute approximate surface area is 250 Å². The van der Waals surface area contributed by atoms with Crippen molar-refractivity contribution >= 4 is 44.2 Å². The van der Waals surface area contributed by atoms with E-state index in [9.17, 15) is 0 Å². The Kier molecular flexibility index (Phi) is 5.39. The van der Waals surface area contributed by atoms with Crippen molar-refractivity contribution in [3.8, 4) is 22.5 Å². The van der Waals surface area contributed by atoms with E-state index >= 15 is 0 Å². The molecule has 43 heavy (non-hydrogen) atoms. The van der Waals surface area contributed by atoms with Crippen molar-refractivity contribution in [3.63, 3.8) is 0 Å². The molecular formula is C42H28O. The van der Waals surface area contributed by atoms with Gasteiger partial charge in [0.05, 0.1) is 0 Å². The van der Waals surface area contributed by atoms with Gasteiger partial charge in [0, 0.05) is 28.3 Å². The zero-order chi connectivity index (χ0) is 28.3. The third kappa shape index (κ3) is 3.65. The van der Waals surface area contributed by atoms with Crippen LogP contribution in [0.5, 0.6) is 0 Å². The Morgan fingerprint density at radius 1 is 0.442 bits per heavy atom. The van der Waals surface area contributed by atoms with E-state index in [0.717, 1.165) is 22.3 Å². The highest BCUT2D eigenvalue weighted by Gasteiger charge is 2.34. The number of benzene rings is 6. The monoisotopic (exact) mass is 548 g/mol. The number of furan rings is 1. The maximum absolute atomic E-state index is 6.99. The Hall–Kier alpha value is -5.40. The van der Waals surface area contributed by atoms with Crippen LogP contribution in [0, 0.1) is 5.92 Å². The van der Waals surface area contributed by atoms with Crippen molar-refractivity contribution in [2.45, 2.75) is 5.92 Å². The van der Waals surface area contributed by atoms with Gasteiger partial charge in [0.2, 0.25) is 0 Å². The molecule has 1 aromatic heterocycles. The molecule has 9 rings (SSSR count). The second-order valence-electron chi connectivity index (χ2n) is 11.6. The topological polar surface area (TPSA) is 13.1 Å². The number of para-hydroxylation sites is 1. The van der Waals surface area contributed by atoms with E-state index in [-0.39, 0.29) is 11.8 Å². The van der Waals surface area contributed by atoms with Crippen LogP contribution in [0.3, 0.4) is 0 Å². The summed E-state index contributed by atoms with van der Waals surface area (Å²) in [7, 11) is 0. The van der Waals surface area contributed by atoms with Crippen molar-refractivity contribution in [3.05, 3.63) is 168 Å². The average Bonchev–Trinajstić information content (AvgIpc) is 3.46. The van der Waals surface area contributed by atoms with Crippen LogP contribution in [-0.2, 0) is 0 Å². The SMILES string of the molecule is C1=CC2C(c3c(-c4c5ccccc5c(-c5ccccc5)c5ccccc45)oc4ccccc34)=Cc3ccccc3C2C=C1. The van der Waals surface area contributed by atoms with Crippen molar-refractivity contribution in [2.24, 2.45) is 5.92 Å². The average molecular weight is 549 g/mol. The van der Waals surface area contributed by atoms with Gasteiger partial charge in [-0.2, -0.15) is 0 Å². The van der Waals surface area contributed by atoms with Gasteiger partial charge in [-0.3, -0.25) is 0 Å². The molecule has 2 aliphatic rings. The molecule has 2 unspecified atom stereocenters. The van der Waals surface area contributed by atoms with Gasteiger partial charge in [-0.05, 0) is 55.4 Å². The number of rotatable bonds is 3. The van der Waals surface area contributed by atoms with Gasteiger partial charge >= 0.3 is 0 Å². The molecule has 202 valence electrons. The van der Waals surface area contributed by atoms with Gasteiger partial charge in [-0.15, -0.1) is 0 Å². The fourth-order valence-electron chi connectivity index (χ4n) is 7.45. The van der Waals surface area contributed by atoms with E-state index < -0.39 is 0 Å². The Morgan fingerprint density at radius 2 is 1.00 bits per heavy atom. The van der Waals surface area contributed by atoms with Gasteiger partial charge < -0.3 is 4.42 Å². The largest absolute Gasteiger partial charge is 0.455 e. The predicted molar refractivity (Wildman–Crippen MR) is 181 cm³/mol. The lowest BCUT2D eigenvalue weighted by Crippen LogP contribution is -2.18. The molecule has 2 atom stereocenters. The summed E-state index contributed by atoms with van der Waals surface area (Å²) >= 11 is 0. The zero-order valence-electron chi connectivity index (χ0n) is 23.6. The zero-order valence-corrected chi connectivity index (χ0v) is 23.6. The summed E-state index contributed by atoms with van der Waals surface area (Å²) in [5.41, 5.74) is 9.73. The first-order valence-corrected chi connectivity index (χ1v) is 15.0. The van der Waals surface area contributed by atoms with E-state index in [1.165, 1.54) is 54.9 Å². The van der Waals surface area contributed by atoms with Gasteiger partial charge in [0.15, 0.2) is 0 Å². The standard InChI is InChI=1S/C42H28O/c1-2-14-27(15-3-1)39-32-20-8-10-22-34(32)40(35-23-11-9-21-33(35)39)42-41(36-24-12-13-25-38(36)43-42)37-26-28-16-4-5-17-29(28)30-18-6-7-19-31(30)37/h1-26,30-31H. The highest BCUT2D eigenvalue weighted by molar-refractivity contribution is 6.22. The van der Waals surface area contributed by atoms with Crippen molar-refractivity contribution in [1.29, 1.82) is 0 Å². The van der Waals surface area contributed by atoms with Crippen LogP contribution in [0.1, 0.15) is 22.6 Å². The number of hydrogen-bond acceptors (Lipinski definition) is 1. The van der Waals surface area contributed by atoms with Crippen molar-refractivity contribution in [1.82, 2.24) is 0 Å². The molecule has 2 aliphatic carbocycles. The molecule has 0 spiro atoms. The summed E-state index contributed by atoms with van der Waals surface area (Å²) in [5.74, 6) is 1.46. The molecular weight excluding hydrogens is 520 g/mol. The van der Waals surface area contributed by atoms with Crippen LogP contribution in [0.4, 0.5) is 0 Å². The maximum Gasteiger partial charge on any atom is 0.144 e. The molecule has 1 heteroatoms. The van der Waals surface area contributed by atoms with E-state index in [1.807, 2.05) is 0 Å². The normalized spacial score (nSPS) is 17.3. The molecule has 1 nitrogen and oxygen atoms in total. The lowest BCUT2D eigenvalue weighted by atomic mass is 9.70. The van der Waals surface area contributed by atoms with Crippen LogP contribution in [0.15, 0.2) is 156 Å². The minimum Gasteiger partial charge on any atom is -0.455 e. The molecule has 0 N–H and O–H groups in total. The number of allylic oxidation sites excluding steroid dienone is 5. The summed E-state index contributed by atoms with van der Waals surface area (Å²) in [6.45, 7) is 0. The Morgan fingerprint density at radius 3 is 1.72 bits per heavy atom. The minimum atomic E-state index is 0.223. The second-order valence-corrected chi connectivity index (χ2v) is 11.6. The van der Waals surface area contributed by atoms with Gasteiger partial charge in [0.1, 0.15) is 11.3 Å². The lowest BCUT2D eigenvalue weighted by molar-refractivity contribution is 0.630. The van der Waals surface area contributed by atoms with E-state index in [0.29, 0.717) is 0 Å².